The van der Waals surface area contributed by atoms with Crippen LogP contribution in [0.3, 0.4) is 0 Å². The maximum Gasteiger partial charge on any atom is 0.305 e. The highest BCUT2D eigenvalue weighted by Gasteiger charge is 2.17. The highest BCUT2D eigenvalue weighted by atomic mass is 35.5. The number of halogens is 3. The number of hydrogen-bond donors (Lipinski definition) is 1. The second-order valence-corrected chi connectivity index (χ2v) is 4.41. The van der Waals surface area contributed by atoms with Crippen molar-refractivity contribution in [2.75, 3.05) is 5.32 Å². The quantitative estimate of drug-likeness (QED) is 0.692. The molecule has 0 atom stereocenters. The first kappa shape index (κ1) is 14.9. The molecule has 0 heterocycles. The van der Waals surface area contributed by atoms with Crippen LogP contribution in [0.2, 0.25) is 5.02 Å². The number of benzene rings is 2. The largest absolute Gasteiger partial charge is 0.322 e. The van der Waals surface area contributed by atoms with Crippen LogP contribution in [0.5, 0.6) is 0 Å². The van der Waals surface area contributed by atoms with Gasteiger partial charge in [-0.05, 0) is 30.3 Å². The van der Waals surface area contributed by atoms with Crippen LogP contribution in [0, 0.1) is 21.7 Å². The van der Waals surface area contributed by atoms with E-state index in [0.29, 0.717) is 0 Å². The van der Waals surface area contributed by atoms with Crippen LogP contribution in [0.25, 0.3) is 0 Å². The molecule has 0 aliphatic rings. The molecule has 1 amide bonds. The van der Waals surface area contributed by atoms with E-state index in [1.165, 1.54) is 12.1 Å². The number of nitrogens with zero attached hydrogens (tertiary/aromatic N) is 1. The number of nitro benzene ring substituents is 1. The van der Waals surface area contributed by atoms with Crippen molar-refractivity contribution in [3.05, 3.63) is 68.7 Å². The van der Waals surface area contributed by atoms with E-state index in [0.717, 1.165) is 24.3 Å². The van der Waals surface area contributed by atoms with Gasteiger partial charge < -0.3 is 5.32 Å². The Morgan fingerprint density at radius 1 is 1.14 bits per heavy atom. The normalized spacial score (nSPS) is 10.2. The Morgan fingerprint density at radius 3 is 2.43 bits per heavy atom. The predicted molar refractivity (Wildman–Crippen MR) is 72.4 cm³/mol. The minimum atomic E-state index is -1.04. The second kappa shape index (κ2) is 5.84. The maximum absolute atomic E-state index is 13.2. The van der Waals surface area contributed by atoms with Gasteiger partial charge in [-0.2, -0.15) is 4.39 Å². The van der Waals surface area contributed by atoms with Crippen molar-refractivity contribution in [1.82, 2.24) is 0 Å². The number of rotatable bonds is 3. The standard InChI is InChI=1S/C13H7ClF2N2O3/c14-9-6-8(2-4-10(9)15)17-13(19)7-1-3-11(16)12(5-7)18(20)21/h1-6H,(H,17,19). The van der Waals surface area contributed by atoms with E-state index < -0.39 is 28.2 Å². The molecule has 2 aromatic rings. The monoisotopic (exact) mass is 312 g/mol. The fraction of sp³-hybridized carbons (Fsp3) is 0. The number of nitrogens with one attached hydrogen (secondary N) is 1. The van der Waals surface area contributed by atoms with Crippen LogP contribution in [-0.4, -0.2) is 10.8 Å². The van der Waals surface area contributed by atoms with E-state index in [-0.39, 0.29) is 16.3 Å². The van der Waals surface area contributed by atoms with Gasteiger partial charge in [0.05, 0.1) is 9.95 Å². The minimum Gasteiger partial charge on any atom is -0.322 e. The van der Waals surface area contributed by atoms with Gasteiger partial charge in [0, 0.05) is 17.3 Å². The number of anilines is 1. The van der Waals surface area contributed by atoms with Gasteiger partial charge in [0.1, 0.15) is 5.82 Å². The Morgan fingerprint density at radius 2 is 1.81 bits per heavy atom. The molecule has 0 saturated heterocycles. The zero-order valence-corrected chi connectivity index (χ0v) is 11.0. The summed E-state index contributed by atoms with van der Waals surface area (Å²) in [5.41, 5.74) is -0.707. The van der Waals surface area contributed by atoms with Crippen LogP contribution < -0.4 is 5.32 Å². The summed E-state index contributed by atoms with van der Waals surface area (Å²) in [7, 11) is 0. The van der Waals surface area contributed by atoms with Crippen LogP contribution in [0.4, 0.5) is 20.2 Å². The molecule has 0 fully saturated rings. The van der Waals surface area contributed by atoms with Gasteiger partial charge >= 0.3 is 5.69 Å². The van der Waals surface area contributed by atoms with Gasteiger partial charge in [-0.3, -0.25) is 14.9 Å². The molecule has 5 nitrogen and oxygen atoms in total. The predicted octanol–water partition coefficient (Wildman–Crippen LogP) is 3.78. The van der Waals surface area contributed by atoms with Gasteiger partial charge in [-0.1, -0.05) is 11.6 Å². The molecule has 0 radical (unpaired) electrons. The fourth-order valence-corrected chi connectivity index (χ4v) is 1.75. The molecule has 2 rings (SSSR count). The summed E-state index contributed by atoms with van der Waals surface area (Å²) in [4.78, 5) is 21.6. The SMILES string of the molecule is O=C(Nc1ccc(F)c(Cl)c1)c1ccc(F)c([N+](=O)[O-])c1. The molecule has 0 spiro atoms. The summed E-state index contributed by atoms with van der Waals surface area (Å²) in [6.45, 7) is 0. The van der Waals surface area contributed by atoms with Crippen molar-refractivity contribution < 1.29 is 18.5 Å². The van der Waals surface area contributed by atoms with E-state index in [1.807, 2.05) is 0 Å². The molecular weight excluding hydrogens is 306 g/mol. The second-order valence-electron chi connectivity index (χ2n) is 4.01. The molecule has 0 unspecified atom stereocenters. The van der Waals surface area contributed by atoms with E-state index in [1.54, 1.807) is 0 Å². The third-order valence-corrected chi connectivity index (χ3v) is 2.87. The van der Waals surface area contributed by atoms with Crippen molar-refractivity contribution in [2.45, 2.75) is 0 Å². The summed E-state index contributed by atoms with van der Waals surface area (Å²) in [5.74, 6) is -2.39. The van der Waals surface area contributed by atoms with Gasteiger partial charge in [-0.25, -0.2) is 4.39 Å². The Labute approximate surface area is 122 Å². The number of amides is 1. The molecule has 21 heavy (non-hydrogen) atoms. The van der Waals surface area contributed by atoms with Crippen LogP contribution in [0.15, 0.2) is 36.4 Å². The zero-order chi connectivity index (χ0) is 15.6. The van der Waals surface area contributed by atoms with Crippen LogP contribution in [-0.2, 0) is 0 Å². The van der Waals surface area contributed by atoms with E-state index in [9.17, 15) is 23.7 Å². The van der Waals surface area contributed by atoms with Crippen molar-refractivity contribution in [3.63, 3.8) is 0 Å². The molecule has 1 N–H and O–H groups in total. The number of hydrogen-bond acceptors (Lipinski definition) is 3. The first-order chi connectivity index (χ1) is 9.88. The molecule has 2 aromatic carbocycles. The maximum atomic E-state index is 13.2. The minimum absolute atomic E-state index is 0.108. The Hall–Kier alpha value is -2.54. The summed E-state index contributed by atoms with van der Waals surface area (Å²) in [5, 5.41) is 12.8. The lowest BCUT2D eigenvalue weighted by atomic mass is 10.1. The average molecular weight is 313 g/mol. The summed E-state index contributed by atoms with van der Waals surface area (Å²) in [6, 6.07) is 6.26. The molecule has 0 saturated carbocycles. The van der Waals surface area contributed by atoms with Crippen molar-refractivity contribution in [3.8, 4) is 0 Å². The van der Waals surface area contributed by atoms with Crippen molar-refractivity contribution in [1.29, 1.82) is 0 Å². The van der Waals surface area contributed by atoms with E-state index >= 15 is 0 Å². The Kier molecular flexibility index (Phi) is 4.13. The first-order valence-corrected chi connectivity index (χ1v) is 5.96. The van der Waals surface area contributed by atoms with Crippen LogP contribution >= 0.6 is 11.6 Å². The topological polar surface area (TPSA) is 72.2 Å². The molecular formula is C13H7ClF2N2O3. The zero-order valence-electron chi connectivity index (χ0n) is 10.3. The lowest BCUT2D eigenvalue weighted by molar-refractivity contribution is -0.387. The number of carbonyl (C=O) groups is 1. The highest BCUT2D eigenvalue weighted by Crippen LogP contribution is 2.22. The van der Waals surface area contributed by atoms with E-state index in [2.05, 4.69) is 5.32 Å². The Bertz CT molecular complexity index is 737. The summed E-state index contributed by atoms with van der Waals surface area (Å²) in [6.07, 6.45) is 0. The first-order valence-electron chi connectivity index (χ1n) is 5.59. The van der Waals surface area contributed by atoms with Gasteiger partial charge in [-0.15, -0.1) is 0 Å². The van der Waals surface area contributed by atoms with Gasteiger partial charge in [0.25, 0.3) is 5.91 Å². The summed E-state index contributed by atoms with van der Waals surface area (Å²) < 4.78 is 26.2. The highest BCUT2D eigenvalue weighted by molar-refractivity contribution is 6.31. The number of carbonyl (C=O) groups excluding carboxylic acids is 1. The lowest BCUT2D eigenvalue weighted by Crippen LogP contribution is -2.12. The van der Waals surface area contributed by atoms with Gasteiger partial charge in [0.15, 0.2) is 0 Å². The molecule has 108 valence electrons. The molecule has 0 aliphatic carbocycles. The molecule has 0 bridgehead atoms. The number of nitro groups is 1. The van der Waals surface area contributed by atoms with Gasteiger partial charge in [0.2, 0.25) is 5.82 Å². The molecule has 0 aliphatic heterocycles. The third-order valence-electron chi connectivity index (χ3n) is 2.58. The van der Waals surface area contributed by atoms with Crippen molar-refractivity contribution in [2.24, 2.45) is 0 Å². The average Bonchev–Trinajstić information content (AvgIpc) is 2.43. The summed E-state index contributed by atoms with van der Waals surface area (Å²) >= 11 is 5.57. The molecule has 8 heteroatoms. The van der Waals surface area contributed by atoms with E-state index in [4.69, 9.17) is 11.6 Å². The third kappa shape index (κ3) is 3.32. The lowest BCUT2D eigenvalue weighted by Gasteiger charge is -2.06. The smallest absolute Gasteiger partial charge is 0.305 e. The molecule has 0 aromatic heterocycles. The van der Waals surface area contributed by atoms with Crippen molar-refractivity contribution >= 4 is 28.9 Å². The Balaban J connectivity index is 2.26. The van der Waals surface area contributed by atoms with Crippen LogP contribution in [0.1, 0.15) is 10.4 Å². The fourth-order valence-electron chi connectivity index (χ4n) is 1.57.